The van der Waals surface area contributed by atoms with Gasteiger partial charge in [0.05, 0.1) is 6.61 Å². The topological polar surface area (TPSA) is 39.7 Å². The van der Waals surface area contributed by atoms with Crippen molar-refractivity contribution in [3.8, 4) is 5.75 Å². The summed E-state index contributed by atoms with van der Waals surface area (Å²) < 4.78 is 19.1. The molecule has 0 radical (unpaired) electrons. The minimum Gasteiger partial charge on any atom is -0.494 e. The van der Waals surface area contributed by atoms with Gasteiger partial charge in [0.25, 0.3) is 0 Å². The summed E-state index contributed by atoms with van der Waals surface area (Å²) in [7, 11) is -5.47. The second-order valence-corrected chi connectivity index (χ2v) is 22.4. The Morgan fingerprint density at radius 1 is 0.690 bits per heavy atom. The number of nitrogens with one attached hydrogen (secondary N) is 1. The van der Waals surface area contributed by atoms with Crippen molar-refractivity contribution in [1.29, 1.82) is 0 Å². The van der Waals surface area contributed by atoms with Crippen LogP contribution in [0.1, 0.15) is 6.42 Å². The average molecular weight is 448 g/mol. The fourth-order valence-electron chi connectivity index (χ4n) is 3.32. The third-order valence-corrected chi connectivity index (χ3v) is 13.6. The number of rotatable bonds is 11. The molecule has 2 aromatic rings. The molecule has 0 atom stereocenters. The Kier molecular flexibility index (Phi) is 8.30. The number of ether oxygens (including phenoxy) is 1. The number of anilines is 2. The van der Waals surface area contributed by atoms with Gasteiger partial charge in [-0.15, -0.1) is 0 Å². The summed E-state index contributed by atoms with van der Waals surface area (Å²) in [6.45, 7) is 16.4. The zero-order chi connectivity index (χ0) is 21.5. The molecule has 0 unspecified atom stereocenters. The summed E-state index contributed by atoms with van der Waals surface area (Å²) in [6.07, 6.45) is 0.946. The van der Waals surface area contributed by atoms with Gasteiger partial charge in [0, 0.05) is 11.4 Å². The van der Waals surface area contributed by atoms with Crippen molar-refractivity contribution >= 4 is 36.6 Å². The maximum Gasteiger partial charge on any atom is 0.314 e. The van der Waals surface area contributed by atoms with E-state index in [4.69, 9.17) is 13.0 Å². The van der Waals surface area contributed by atoms with E-state index >= 15 is 0 Å². The van der Waals surface area contributed by atoms with Crippen molar-refractivity contribution in [3.05, 3.63) is 54.6 Å². The summed E-state index contributed by atoms with van der Waals surface area (Å²) in [5, 5.41) is 3.39. The number of para-hydroxylation sites is 1. The van der Waals surface area contributed by atoms with Gasteiger partial charge in [0.2, 0.25) is 0 Å². The van der Waals surface area contributed by atoms with Crippen LogP contribution in [0.3, 0.4) is 0 Å². The van der Waals surface area contributed by atoms with E-state index < -0.39 is 25.2 Å². The van der Waals surface area contributed by atoms with E-state index in [0.29, 0.717) is 6.61 Å². The van der Waals surface area contributed by atoms with Gasteiger partial charge >= 0.3 is 8.56 Å². The first-order chi connectivity index (χ1) is 13.4. The van der Waals surface area contributed by atoms with Crippen molar-refractivity contribution in [3.63, 3.8) is 0 Å². The van der Waals surface area contributed by atoms with Crippen LogP contribution in [0.4, 0.5) is 11.4 Å². The molecule has 0 fully saturated rings. The fraction of sp³-hybridized carbons (Fsp3) is 0.455. The second-order valence-electron chi connectivity index (χ2n) is 9.53. The van der Waals surface area contributed by atoms with Gasteiger partial charge in [-0.05, 0) is 94.7 Å². The Labute approximate surface area is 180 Å². The number of hydrogen-bond acceptors (Lipinski definition) is 4. The zero-order valence-corrected chi connectivity index (χ0v) is 22.0. The van der Waals surface area contributed by atoms with Crippen molar-refractivity contribution < 1.29 is 13.0 Å². The first-order valence-electron chi connectivity index (χ1n) is 10.4. The Balaban J connectivity index is 1.84. The highest BCUT2D eigenvalue weighted by molar-refractivity contribution is 6.87. The average Bonchev–Trinajstić information content (AvgIpc) is 2.58. The van der Waals surface area contributed by atoms with Gasteiger partial charge in [-0.1, -0.05) is 18.2 Å². The molecule has 29 heavy (non-hydrogen) atoms. The number of benzene rings is 2. The van der Waals surface area contributed by atoms with Crippen LogP contribution in [0.25, 0.3) is 0 Å². The molecule has 0 saturated heterocycles. The van der Waals surface area contributed by atoms with E-state index in [2.05, 4.69) is 63.3 Å². The highest BCUT2D eigenvalue weighted by Gasteiger charge is 2.39. The quantitative estimate of drug-likeness (QED) is 0.298. The Hall–Kier alpha value is -1.39. The van der Waals surface area contributed by atoms with E-state index in [0.717, 1.165) is 29.6 Å². The van der Waals surface area contributed by atoms with Crippen molar-refractivity contribution in [2.75, 3.05) is 11.9 Å². The summed E-state index contributed by atoms with van der Waals surface area (Å²) >= 11 is 0. The van der Waals surface area contributed by atoms with Gasteiger partial charge < -0.3 is 18.3 Å². The smallest absolute Gasteiger partial charge is 0.314 e. The molecule has 160 valence electrons. The molecule has 2 aromatic carbocycles. The van der Waals surface area contributed by atoms with Gasteiger partial charge in [-0.2, -0.15) is 0 Å². The molecule has 0 aliphatic rings. The third-order valence-electron chi connectivity index (χ3n) is 4.00. The lowest BCUT2D eigenvalue weighted by atomic mass is 10.2. The predicted octanol–water partition coefficient (Wildman–Crippen LogP) is 6.97. The summed E-state index contributed by atoms with van der Waals surface area (Å²) in [6, 6.07) is 19.2. The molecule has 1 N–H and O–H groups in total. The minimum absolute atomic E-state index is 0.679. The van der Waals surface area contributed by atoms with Crippen LogP contribution in [-0.4, -0.2) is 31.8 Å². The molecular weight excluding hydrogens is 411 g/mol. The molecule has 0 aromatic heterocycles. The maximum absolute atomic E-state index is 6.55. The lowest BCUT2D eigenvalue weighted by Crippen LogP contribution is -2.52. The van der Waals surface area contributed by atoms with E-state index in [1.165, 1.54) is 0 Å². The third kappa shape index (κ3) is 9.77. The Morgan fingerprint density at radius 2 is 1.21 bits per heavy atom. The molecule has 0 aliphatic heterocycles. The van der Waals surface area contributed by atoms with E-state index in [9.17, 15) is 0 Å². The van der Waals surface area contributed by atoms with E-state index in [-0.39, 0.29) is 0 Å². The van der Waals surface area contributed by atoms with Gasteiger partial charge in [-0.3, -0.25) is 0 Å². The fourth-order valence-corrected chi connectivity index (χ4v) is 15.8. The minimum atomic E-state index is -2.18. The van der Waals surface area contributed by atoms with Crippen LogP contribution in [0.15, 0.2) is 54.6 Å². The lowest BCUT2D eigenvalue weighted by Gasteiger charge is -2.38. The van der Waals surface area contributed by atoms with Crippen LogP contribution in [0, 0.1) is 0 Å². The lowest BCUT2D eigenvalue weighted by molar-refractivity contribution is 0.306. The zero-order valence-electron chi connectivity index (χ0n) is 19.0. The van der Waals surface area contributed by atoms with Crippen molar-refractivity contribution in [1.82, 2.24) is 0 Å². The molecule has 0 aliphatic carbocycles. The highest BCUT2D eigenvalue weighted by atomic mass is 28.5. The molecule has 0 amide bonds. The maximum atomic E-state index is 6.55. The highest BCUT2D eigenvalue weighted by Crippen LogP contribution is 2.26. The van der Waals surface area contributed by atoms with Gasteiger partial charge in [-0.25, -0.2) is 0 Å². The summed E-state index contributed by atoms with van der Waals surface area (Å²) in [4.78, 5) is 0. The van der Waals surface area contributed by atoms with Crippen molar-refractivity contribution in [2.45, 2.75) is 58.3 Å². The normalized spacial score (nSPS) is 12.7. The first-order valence-corrected chi connectivity index (χ1v) is 19.7. The van der Waals surface area contributed by atoms with E-state index in [1.807, 2.05) is 42.5 Å². The van der Waals surface area contributed by atoms with Crippen molar-refractivity contribution in [2.24, 2.45) is 0 Å². The monoisotopic (exact) mass is 447 g/mol. The van der Waals surface area contributed by atoms with Crippen LogP contribution >= 0.6 is 0 Å². The standard InChI is InChI=1S/C22H37NO3Si3/c1-27(2,3)25-29(7,26-28(4,5)6)19-11-18-24-22-16-14-21(15-17-22)23-20-12-9-8-10-13-20/h8-10,12-17,23H,11,18-19H2,1-7H3. The van der Waals surface area contributed by atoms with Crippen LogP contribution < -0.4 is 10.1 Å². The van der Waals surface area contributed by atoms with Gasteiger partial charge in [0.1, 0.15) is 5.75 Å². The molecule has 2 rings (SSSR count). The SMILES string of the molecule is C[Si](C)(C)O[Si](C)(CCCOc1ccc(Nc2ccccc2)cc1)O[Si](C)(C)C. The second kappa shape index (κ2) is 10.1. The molecule has 0 saturated carbocycles. The Morgan fingerprint density at radius 3 is 1.72 bits per heavy atom. The van der Waals surface area contributed by atoms with Crippen LogP contribution in [-0.2, 0) is 8.23 Å². The molecule has 0 spiro atoms. The summed E-state index contributed by atoms with van der Waals surface area (Å²) in [5.74, 6) is 0.893. The molecule has 0 heterocycles. The molecule has 7 heteroatoms. The molecular formula is C22H37NO3Si3. The largest absolute Gasteiger partial charge is 0.494 e. The first kappa shape index (κ1) is 23.9. The number of hydrogen-bond donors (Lipinski definition) is 1. The summed E-state index contributed by atoms with van der Waals surface area (Å²) in [5.41, 5.74) is 2.13. The van der Waals surface area contributed by atoms with E-state index in [1.54, 1.807) is 0 Å². The van der Waals surface area contributed by atoms with Crippen LogP contribution in [0.2, 0.25) is 51.9 Å². The van der Waals surface area contributed by atoms with Gasteiger partial charge in [0.15, 0.2) is 16.6 Å². The predicted molar refractivity (Wildman–Crippen MR) is 132 cm³/mol. The Bertz CT molecular complexity index is 725. The molecule has 4 nitrogen and oxygen atoms in total. The van der Waals surface area contributed by atoms with Crippen LogP contribution in [0.5, 0.6) is 5.75 Å². The molecule has 0 bridgehead atoms.